The topological polar surface area (TPSA) is 135 Å². The van der Waals surface area contributed by atoms with Crippen LogP contribution in [0.5, 0.6) is 11.5 Å². The van der Waals surface area contributed by atoms with Gasteiger partial charge in [0.2, 0.25) is 0 Å². The first-order valence-corrected chi connectivity index (χ1v) is 12.0. The van der Waals surface area contributed by atoms with E-state index >= 15 is 0 Å². The summed E-state index contributed by atoms with van der Waals surface area (Å²) in [5, 5.41) is 22.5. The van der Waals surface area contributed by atoms with Crippen LogP contribution in [0.1, 0.15) is 62.1 Å². The molecule has 35 heavy (non-hydrogen) atoms. The van der Waals surface area contributed by atoms with Gasteiger partial charge in [0.15, 0.2) is 24.1 Å². The number of ether oxygens (including phenoxy) is 1. The van der Waals surface area contributed by atoms with Crippen LogP contribution in [0.4, 0.5) is 5.82 Å². The lowest BCUT2D eigenvalue weighted by atomic mass is 9.98. The number of carbonyl (C=O) groups is 2. The van der Waals surface area contributed by atoms with Crippen molar-refractivity contribution >= 4 is 23.5 Å². The lowest BCUT2D eigenvalue weighted by Gasteiger charge is -2.12. The molecule has 0 unspecified atom stereocenters. The van der Waals surface area contributed by atoms with Crippen LogP contribution in [-0.2, 0) is 16.0 Å². The molecule has 0 radical (unpaired) electrons. The summed E-state index contributed by atoms with van der Waals surface area (Å²) < 4.78 is 5.06. The van der Waals surface area contributed by atoms with Crippen molar-refractivity contribution in [1.29, 1.82) is 0 Å². The van der Waals surface area contributed by atoms with Crippen LogP contribution >= 0.6 is 0 Å². The van der Waals surface area contributed by atoms with Crippen LogP contribution in [0.25, 0.3) is 6.08 Å². The smallest absolute Gasteiger partial charge is 0.186 e. The molecule has 8 heteroatoms. The van der Waals surface area contributed by atoms with E-state index in [1.807, 2.05) is 13.1 Å². The van der Waals surface area contributed by atoms with Crippen LogP contribution < -0.4 is 15.8 Å². The van der Waals surface area contributed by atoms with Crippen molar-refractivity contribution in [2.24, 2.45) is 5.92 Å². The van der Waals surface area contributed by atoms with E-state index in [0.29, 0.717) is 30.1 Å². The number of hydrogen-bond donors (Lipinski definition) is 4. The Hall–Kier alpha value is -3.23. The predicted octanol–water partition coefficient (Wildman–Crippen LogP) is 3.64. The van der Waals surface area contributed by atoms with E-state index in [0.717, 1.165) is 43.4 Å². The summed E-state index contributed by atoms with van der Waals surface area (Å²) in [6, 6.07) is 6.59. The van der Waals surface area contributed by atoms with E-state index in [-0.39, 0.29) is 29.5 Å². The minimum atomic E-state index is -0.597. The van der Waals surface area contributed by atoms with Crippen molar-refractivity contribution in [1.82, 2.24) is 10.3 Å². The average molecular weight is 484 g/mol. The molecule has 0 aliphatic carbocycles. The predicted molar refractivity (Wildman–Crippen MR) is 137 cm³/mol. The number of nitrogen functional groups attached to an aromatic ring is 1. The maximum absolute atomic E-state index is 12.4. The summed E-state index contributed by atoms with van der Waals surface area (Å²) in [5.41, 5.74) is 7.86. The fourth-order valence-corrected chi connectivity index (χ4v) is 3.85. The largest absolute Gasteiger partial charge is 0.504 e. The molecular formula is C27H37N3O5. The van der Waals surface area contributed by atoms with Gasteiger partial charge >= 0.3 is 0 Å². The minimum Gasteiger partial charge on any atom is -0.504 e. The SMILES string of the molecule is CNC[C@H](C)CCCCCC(=O)CC(=O)/C=C/c1cc(OCO)c(O)cc1Cc1ccc(N)nc1. The first kappa shape index (κ1) is 28.0. The van der Waals surface area contributed by atoms with E-state index in [9.17, 15) is 14.7 Å². The van der Waals surface area contributed by atoms with E-state index in [2.05, 4.69) is 17.2 Å². The molecule has 0 aliphatic rings. The highest BCUT2D eigenvalue weighted by atomic mass is 16.6. The Labute approximate surface area is 207 Å². The van der Waals surface area contributed by atoms with Gasteiger partial charge in [-0.3, -0.25) is 9.59 Å². The van der Waals surface area contributed by atoms with Gasteiger partial charge in [0.05, 0.1) is 6.42 Å². The third-order valence-corrected chi connectivity index (χ3v) is 5.71. The van der Waals surface area contributed by atoms with Gasteiger partial charge < -0.3 is 26.0 Å². The number of phenols is 1. The number of anilines is 1. The molecule has 1 aromatic heterocycles. The number of hydrogen-bond acceptors (Lipinski definition) is 8. The molecule has 190 valence electrons. The van der Waals surface area contributed by atoms with Gasteiger partial charge in [-0.25, -0.2) is 4.98 Å². The molecule has 0 aliphatic heterocycles. The van der Waals surface area contributed by atoms with E-state index in [4.69, 9.17) is 15.6 Å². The maximum Gasteiger partial charge on any atom is 0.186 e. The fraction of sp³-hybridized carbons (Fsp3) is 0.444. The molecular weight excluding hydrogens is 446 g/mol. The Morgan fingerprint density at radius 1 is 1.23 bits per heavy atom. The number of aliphatic hydroxyl groups excluding tert-OH is 1. The molecule has 5 N–H and O–H groups in total. The van der Waals surface area contributed by atoms with Gasteiger partial charge in [0, 0.05) is 12.6 Å². The third kappa shape index (κ3) is 10.3. The highest BCUT2D eigenvalue weighted by molar-refractivity contribution is 6.06. The zero-order valence-corrected chi connectivity index (χ0v) is 20.6. The number of nitrogens with one attached hydrogen (secondary N) is 1. The number of rotatable bonds is 16. The second kappa shape index (κ2) is 14.9. The Morgan fingerprint density at radius 2 is 2.03 bits per heavy atom. The number of aromatic hydroxyl groups is 1. The third-order valence-electron chi connectivity index (χ3n) is 5.71. The van der Waals surface area contributed by atoms with Gasteiger partial charge in [-0.15, -0.1) is 0 Å². The van der Waals surface area contributed by atoms with Crippen molar-refractivity contribution in [3.8, 4) is 11.5 Å². The number of phenolic OH excluding ortho intramolecular Hbond substituents is 1. The minimum absolute atomic E-state index is 0.0638. The summed E-state index contributed by atoms with van der Waals surface area (Å²) in [7, 11) is 1.95. The second-order valence-corrected chi connectivity index (χ2v) is 8.84. The first-order chi connectivity index (χ1) is 16.8. The number of allylic oxidation sites excluding steroid dienone is 1. The standard InChI is InChI=1S/C27H37N3O5/c1-19(16-29-2)6-4-3-5-7-23(32)15-24(33)10-9-21-14-26(35-18-31)25(34)13-22(21)12-20-8-11-27(28)30-17-20/h8-11,13-14,17,19,29,31,34H,3-7,12,15-16,18H2,1-2H3,(H2,28,30)/b10-9+/t19-/m1/s1. The molecule has 0 saturated carbocycles. The molecule has 1 aromatic carbocycles. The molecule has 0 amide bonds. The van der Waals surface area contributed by atoms with Crippen LogP contribution in [0.15, 0.2) is 36.5 Å². The highest BCUT2D eigenvalue weighted by Gasteiger charge is 2.12. The normalized spacial score (nSPS) is 12.1. The molecule has 1 heterocycles. The highest BCUT2D eigenvalue weighted by Crippen LogP contribution is 2.31. The molecule has 1 atom stereocenters. The van der Waals surface area contributed by atoms with Gasteiger partial charge in [-0.2, -0.15) is 0 Å². The summed E-state index contributed by atoms with van der Waals surface area (Å²) in [6.07, 6.45) is 9.29. The number of carbonyl (C=O) groups excluding carboxylic acids is 2. The number of nitrogens with two attached hydrogens (primary N) is 1. The summed E-state index contributed by atoms with van der Waals surface area (Å²) >= 11 is 0. The van der Waals surface area contributed by atoms with Gasteiger partial charge in [0.1, 0.15) is 11.6 Å². The quantitative estimate of drug-likeness (QED) is 0.123. The zero-order chi connectivity index (χ0) is 25.6. The number of aromatic nitrogens is 1. The van der Waals surface area contributed by atoms with Crippen molar-refractivity contribution in [3.63, 3.8) is 0 Å². The number of Topliss-reactive ketones (excluding diaryl/α,β-unsaturated/α-hetero) is 1. The molecule has 8 nitrogen and oxygen atoms in total. The Bertz CT molecular complexity index is 989. The maximum atomic E-state index is 12.4. The fourth-order valence-electron chi connectivity index (χ4n) is 3.85. The van der Waals surface area contributed by atoms with Crippen LogP contribution in [0.3, 0.4) is 0 Å². The number of aliphatic hydroxyl groups is 1. The molecule has 0 fully saturated rings. The summed E-state index contributed by atoms with van der Waals surface area (Å²) in [5.74, 6) is 0.644. The van der Waals surface area contributed by atoms with Gasteiger partial charge in [-0.05, 0) is 79.7 Å². The van der Waals surface area contributed by atoms with Crippen LogP contribution in [0.2, 0.25) is 0 Å². The Balaban J connectivity index is 1.97. The molecule has 0 saturated heterocycles. The van der Waals surface area contributed by atoms with E-state index in [1.165, 1.54) is 12.1 Å². The van der Waals surface area contributed by atoms with Crippen LogP contribution in [-0.4, -0.2) is 47.1 Å². The summed E-state index contributed by atoms with van der Waals surface area (Å²) in [4.78, 5) is 28.7. The first-order valence-electron chi connectivity index (χ1n) is 12.0. The lowest BCUT2D eigenvalue weighted by molar-refractivity contribution is -0.124. The van der Waals surface area contributed by atoms with Crippen LogP contribution in [0, 0.1) is 5.92 Å². The number of benzene rings is 1. The van der Waals surface area contributed by atoms with Gasteiger partial charge in [-0.1, -0.05) is 31.9 Å². The summed E-state index contributed by atoms with van der Waals surface area (Å²) in [6.45, 7) is 2.60. The molecule has 2 rings (SSSR count). The van der Waals surface area contributed by atoms with Crippen molar-refractivity contribution in [2.75, 3.05) is 26.1 Å². The molecule has 0 bridgehead atoms. The monoisotopic (exact) mass is 483 g/mol. The molecule has 0 spiro atoms. The Morgan fingerprint density at radius 3 is 2.71 bits per heavy atom. The van der Waals surface area contributed by atoms with Crippen molar-refractivity contribution in [3.05, 3.63) is 53.2 Å². The average Bonchev–Trinajstić information content (AvgIpc) is 2.81. The zero-order valence-electron chi connectivity index (χ0n) is 20.6. The Kier molecular flexibility index (Phi) is 11.9. The van der Waals surface area contributed by atoms with E-state index < -0.39 is 6.79 Å². The number of nitrogens with zero attached hydrogens (tertiary/aromatic N) is 1. The number of unbranched alkanes of at least 4 members (excludes halogenated alkanes) is 2. The molecule has 2 aromatic rings. The lowest BCUT2D eigenvalue weighted by Crippen LogP contribution is -2.15. The second-order valence-electron chi connectivity index (χ2n) is 8.84. The number of ketones is 2. The van der Waals surface area contributed by atoms with Crippen molar-refractivity contribution in [2.45, 2.75) is 51.9 Å². The number of pyridine rings is 1. The van der Waals surface area contributed by atoms with E-state index in [1.54, 1.807) is 24.4 Å². The van der Waals surface area contributed by atoms with Crippen molar-refractivity contribution < 1.29 is 24.5 Å². The van der Waals surface area contributed by atoms with Gasteiger partial charge in [0.25, 0.3) is 0 Å².